The fraction of sp³-hybridized carbons (Fsp3) is 0.450. The fourth-order valence-corrected chi connectivity index (χ4v) is 3.18. The highest BCUT2D eigenvalue weighted by atomic mass is 35.5. The molecule has 0 saturated carbocycles. The molecule has 4 nitrogen and oxygen atoms in total. The van der Waals surface area contributed by atoms with E-state index in [1.54, 1.807) is 0 Å². The van der Waals surface area contributed by atoms with Crippen LogP contribution in [0.3, 0.4) is 0 Å². The van der Waals surface area contributed by atoms with Crippen LogP contribution in [-0.2, 0) is 6.18 Å². The zero-order valence-electron chi connectivity index (χ0n) is 15.5. The van der Waals surface area contributed by atoms with E-state index in [-0.39, 0.29) is 11.5 Å². The number of hydrogen-bond acceptors (Lipinski definition) is 4. The summed E-state index contributed by atoms with van der Waals surface area (Å²) in [7, 11) is 0. The van der Waals surface area contributed by atoms with Crippen molar-refractivity contribution in [3.8, 4) is 11.6 Å². The van der Waals surface area contributed by atoms with Crippen LogP contribution in [0.25, 0.3) is 0 Å². The summed E-state index contributed by atoms with van der Waals surface area (Å²) in [6.45, 7) is 4.86. The van der Waals surface area contributed by atoms with E-state index in [9.17, 15) is 13.2 Å². The molecule has 0 N–H and O–H groups in total. The summed E-state index contributed by atoms with van der Waals surface area (Å²) in [6.07, 6.45) is -1.86. The molecule has 1 aromatic heterocycles. The largest absolute Gasteiger partial charge is 0.487 e. The number of rotatable bonds is 6. The number of likely N-dealkylation sites (tertiary alicyclic amines) is 1. The Morgan fingerprint density at radius 2 is 1.79 bits per heavy atom. The van der Waals surface area contributed by atoms with Crippen molar-refractivity contribution in [1.29, 1.82) is 0 Å². The molecule has 1 aromatic carbocycles. The molecule has 0 radical (unpaired) electrons. The lowest BCUT2D eigenvalue weighted by Gasteiger charge is -2.39. The zero-order valence-corrected chi connectivity index (χ0v) is 16.3. The summed E-state index contributed by atoms with van der Waals surface area (Å²) < 4.78 is 49.2. The monoisotopic (exact) mass is 414 g/mol. The third-order valence-electron chi connectivity index (χ3n) is 4.81. The number of alkyl halides is 3. The van der Waals surface area contributed by atoms with Gasteiger partial charge in [-0.3, -0.25) is 4.90 Å². The minimum absolute atomic E-state index is 0.195. The molecule has 0 amide bonds. The molecule has 0 aliphatic carbocycles. The van der Waals surface area contributed by atoms with E-state index in [4.69, 9.17) is 21.1 Å². The van der Waals surface area contributed by atoms with Crippen molar-refractivity contribution in [1.82, 2.24) is 9.88 Å². The summed E-state index contributed by atoms with van der Waals surface area (Å²) >= 11 is 5.90. The van der Waals surface area contributed by atoms with Crippen LogP contribution < -0.4 is 9.47 Å². The molecule has 0 atom stereocenters. The number of piperidine rings is 1. The maximum absolute atomic E-state index is 12.5. The van der Waals surface area contributed by atoms with E-state index < -0.39 is 11.7 Å². The first-order valence-corrected chi connectivity index (χ1v) is 9.44. The highest BCUT2D eigenvalue weighted by molar-refractivity contribution is 6.30. The number of ether oxygens (including phenoxy) is 2. The number of aromatic nitrogens is 1. The molecule has 28 heavy (non-hydrogen) atoms. The molecule has 0 unspecified atom stereocenters. The summed E-state index contributed by atoms with van der Waals surface area (Å²) in [5.41, 5.74) is -1.02. The normalized spacial score (nSPS) is 17.3. The SMILES string of the molecule is CC1(Oc2ccc(Cl)cc2)CCN(CCOc2ccc(C(F)(F)F)cn2)CC1. The quantitative estimate of drug-likeness (QED) is 0.661. The van der Waals surface area contributed by atoms with Crippen molar-refractivity contribution < 1.29 is 22.6 Å². The molecule has 1 aliphatic heterocycles. The van der Waals surface area contributed by atoms with Gasteiger partial charge in [0.15, 0.2) is 0 Å². The van der Waals surface area contributed by atoms with Crippen molar-refractivity contribution in [3.05, 3.63) is 53.2 Å². The van der Waals surface area contributed by atoms with E-state index in [0.29, 0.717) is 18.2 Å². The third kappa shape index (κ3) is 5.75. The first-order chi connectivity index (χ1) is 13.2. The van der Waals surface area contributed by atoms with Crippen LogP contribution in [0.1, 0.15) is 25.3 Å². The van der Waals surface area contributed by atoms with Crippen LogP contribution in [0, 0.1) is 0 Å². The molecule has 2 heterocycles. The highest BCUT2D eigenvalue weighted by Crippen LogP contribution is 2.30. The molecule has 152 valence electrons. The molecule has 1 aliphatic rings. The van der Waals surface area contributed by atoms with Crippen LogP contribution in [0.2, 0.25) is 5.02 Å². The molecular weight excluding hydrogens is 393 g/mol. The van der Waals surface area contributed by atoms with Crippen LogP contribution >= 0.6 is 11.6 Å². The molecular formula is C20H22ClF3N2O2. The third-order valence-corrected chi connectivity index (χ3v) is 5.06. The van der Waals surface area contributed by atoms with Crippen LogP contribution in [0.15, 0.2) is 42.6 Å². The Kier molecular flexibility index (Phi) is 6.35. The zero-order chi connectivity index (χ0) is 20.2. The number of pyridine rings is 1. The lowest BCUT2D eigenvalue weighted by atomic mass is 9.93. The lowest BCUT2D eigenvalue weighted by molar-refractivity contribution is -0.137. The van der Waals surface area contributed by atoms with Gasteiger partial charge in [-0.05, 0) is 50.1 Å². The van der Waals surface area contributed by atoms with Crippen molar-refractivity contribution in [2.24, 2.45) is 0 Å². The summed E-state index contributed by atoms with van der Waals surface area (Å²) in [5.74, 6) is 0.998. The maximum atomic E-state index is 12.5. The Hall–Kier alpha value is -1.99. The van der Waals surface area contributed by atoms with Crippen molar-refractivity contribution in [2.45, 2.75) is 31.5 Å². The smallest absolute Gasteiger partial charge is 0.417 e. The molecule has 0 spiro atoms. The number of nitrogens with zero attached hydrogens (tertiary/aromatic N) is 2. The molecule has 3 rings (SSSR count). The summed E-state index contributed by atoms with van der Waals surface area (Å²) in [4.78, 5) is 5.96. The number of halogens is 4. The van der Waals surface area contributed by atoms with E-state index in [0.717, 1.165) is 43.9 Å². The molecule has 0 bridgehead atoms. The first-order valence-electron chi connectivity index (χ1n) is 9.07. The Balaban J connectivity index is 1.41. The van der Waals surface area contributed by atoms with E-state index in [2.05, 4.69) is 16.8 Å². The molecule has 8 heteroatoms. The molecule has 1 saturated heterocycles. The summed E-state index contributed by atoms with van der Waals surface area (Å²) in [5, 5.41) is 0.676. The van der Waals surface area contributed by atoms with E-state index in [1.165, 1.54) is 6.07 Å². The predicted molar refractivity (Wildman–Crippen MR) is 101 cm³/mol. The average molecular weight is 415 g/mol. The standard InChI is InChI=1S/C20H22ClF3N2O2/c1-19(28-17-5-3-16(21)4-6-17)8-10-26(11-9-19)12-13-27-18-7-2-15(14-25-18)20(22,23)24/h2-7,14H,8-13H2,1H3. The second kappa shape index (κ2) is 8.57. The van der Waals surface area contributed by atoms with Gasteiger partial charge in [-0.2, -0.15) is 13.2 Å². The van der Waals surface area contributed by atoms with Gasteiger partial charge in [0.05, 0.1) is 5.56 Å². The van der Waals surface area contributed by atoms with Gasteiger partial charge in [0, 0.05) is 36.9 Å². The number of benzene rings is 1. The van der Waals surface area contributed by atoms with Gasteiger partial charge in [0.25, 0.3) is 0 Å². The van der Waals surface area contributed by atoms with E-state index >= 15 is 0 Å². The average Bonchev–Trinajstić information content (AvgIpc) is 2.65. The second-order valence-corrected chi connectivity index (χ2v) is 7.52. The topological polar surface area (TPSA) is 34.6 Å². The van der Waals surface area contributed by atoms with Gasteiger partial charge in [-0.25, -0.2) is 4.98 Å². The first kappa shape index (κ1) is 20.7. The minimum atomic E-state index is -4.39. The Morgan fingerprint density at radius 1 is 1.11 bits per heavy atom. The Morgan fingerprint density at radius 3 is 2.36 bits per heavy atom. The van der Waals surface area contributed by atoms with Gasteiger partial charge < -0.3 is 9.47 Å². The van der Waals surface area contributed by atoms with Crippen molar-refractivity contribution in [3.63, 3.8) is 0 Å². The van der Waals surface area contributed by atoms with Gasteiger partial charge in [-0.15, -0.1) is 0 Å². The highest BCUT2D eigenvalue weighted by Gasteiger charge is 2.32. The maximum Gasteiger partial charge on any atom is 0.417 e. The van der Waals surface area contributed by atoms with Crippen LogP contribution in [-0.4, -0.2) is 41.7 Å². The van der Waals surface area contributed by atoms with Gasteiger partial charge in [0.2, 0.25) is 5.88 Å². The minimum Gasteiger partial charge on any atom is -0.487 e. The van der Waals surface area contributed by atoms with Crippen LogP contribution in [0.5, 0.6) is 11.6 Å². The van der Waals surface area contributed by atoms with Crippen LogP contribution in [0.4, 0.5) is 13.2 Å². The van der Waals surface area contributed by atoms with E-state index in [1.807, 2.05) is 24.3 Å². The van der Waals surface area contributed by atoms with Gasteiger partial charge in [-0.1, -0.05) is 11.6 Å². The van der Waals surface area contributed by atoms with Gasteiger partial charge >= 0.3 is 6.18 Å². The lowest BCUT2D eigenvalue weighted by Crippen LogP contribution is -2.47. The fourth-order valence-electron chi connectivity index (χ4n) is 3.05. The Labute approximate surface area is 167 Å². The summed E-state index contributed by atoms with van der Waals surface area (Å²) in [6, 6.07) is 9.57. The molecule has 2 aromatic rings. The number of hydrogen-bond donors (Lipinski definition) is 0. The van der Waals surface area contributed by atoms with Crippen molar-refractivity contribution >= 4 is 11.6 Å². The van der Waals surface area contributed by atoms with Crippen molar-refractivity contribution in [2.75, 3.05) is 26.2 Å². The predicted octanol–water partition coefficient (Wildman–Crippen LogP) is 5.07. The second-order valence-electron chi connectivity index (χ2n) is 7.08. The molecule has 1 fully saturated rings. The van der Waals surface area contributed by atoms with Gasteiger partial charge in [0.1, 0.15) is 18.0 Å². The Bertz CT molecular complexity index is 759.